The molecule has 5 nitrogen and oxygen atoms in total. The molecule has 0 bridgehead atoms. The van der Waals surface area contributed by atoms with Crippen LogP contribution >= 0.6 is 15.9 Å². The fraction of sp³-hybridized carbons (Fsp3) is 0.250. The van der Waals surface area contributed by atoms with Gasteiger partial charge in [-0.3, -0.25) is 15.0 Å². The van der Waals surface area contributed by atoms with Crippen molar-refractivity contribution in [1.29, 1.82) is 0 Å². The number of hydrogen-bond acceptors (Lipinski definition) is 4. The highest BCUT2D eigenvalue weighted by Crippen LogP contribution is 2.25. The minimum absolute atomic E-state index is 0.0767. The summed E-state index contributed by atoms with van der Waals surface area (Å²) in [6, 6.07) is 12.7. The normalized spacial score (nSPS) is 10.7. The molecule has 0 amide bonds. The van der Waals surface area contributed by atoms with Crippen molar-refractivity contribution in [2.24, 2.45) is 0 Å². The third-order valence-corrected chi connectivity index (χ3v) is 3.81. The summed E-state index contributed by atoms with van der Waals surface area (Å²) in [6.07, 6.45) is 0. The number of nitro groups is 1. The van der Waals surface area contributed by atoms with Crippen LogP contribution in [0.1, 0.15) is 11.1 Å². The van der Waals surface area contributed by atoms with E-state index in [1.54, 1.807) is 19.2 Å². The van der Waals surface area contributed by atoms with Crippen LogP contribution in [0.4, 0.5) is 5.69 Å². The Bertz CT molecular complexity index is 659. The number of nitro benzene ring substituents is 1. The Balaban J connectivity index is 2.12. The quantitative estimate of drug-likeness (QED) is 0.574. The summed E-state index contributed by atoms with van der Waals surface area (Å²) in [6.45, 7) is 1.32. The third-order valence-electron chi connectivity index (χ3n) is 3.28. The van der Waals surface area contributed by atoms with E-state index in [1.807, 2.05) is 31.3 Å². The predicted molar refractivity (Wildman–Crippen MR) is 89.0 cm³/mol. The average molecular weight is 365 g/mol. The zero-order valence-electron chi connectivity index (χ0n) is 12.5. The topological polar surface area (TPSA) is 55.6 Å². The molecule has 0 unspecified atom stereocenters. The van der Waals surface area contributed by atoms with Crippen LogP contribution in [0.25, 0.3) is 0 Å². The molecule has 22 heavy (non-hydrogen) atoms. The van der Waals surface area contributed by atoms with Crippen molar-refractivity contribution in [2.75, 3.05) is 14.2 Å². The third kappa shape index (κ3) is 4.29. The molecule has 116 valence electrons. The summed E-state index contributed by atoms with van der Waals surface area (Å²) < 4.78 is 6.33. The Morgan fingerprint density at radius 2 is 1.86 bits per heavy atom. The molecule has 0 radical (unpaired) electrons. The van der Waals surface area contributed by atoms with Crippen LogP contribution in [0.3, 0.4) is 0 Å². The predicted octanol–water partition coefficient (Wildman–Crippen LogP) is 4.00. The average Bonchev–Trinajstić information content (AvgIpc) is 2.49. The lowest BCUT2D eigenvalue weighted by atomic mass is 10.1. The molecule has 0 saturated carbocycles. The lowest BCUT2D eigenvalue weighted by Gasteiger charge is -2.18. The smallest absolute Gasteiger partial charge is 0.270 e. The molecule has 0 aliphatic carbocycles. The number of benzene rings is 2. The van der Waals surface area contributed by atoms with Crippen LogP contribution in [0.15, 0.2) is 46.9 Å². The fourth-order valence-corrected chi connectivity index (χ4v) is 2.51. The Kier molecular flexibility index (Phi) is 5.51. The first-order chi connectivity index (χ1) is 10.5. The van der Waals surface area contributed by atoms with Crippen molar-refractivity contribution in [3.63, 3.8) is 0 Å². The molecule has 0 spiro atoms. The number of non-ortho nitro benzene ring substituents is 1. The number of rotatable bonds is 6. The molecule has 6 heteroatoms. The second-order valence-electron chi connectivity index (χ2n) is 5.05. The van der Waals surface area contributed by atoms with Crippen LogP contribution in [0, 0.1) is 10.1 Å². The van der Waals surface area contributed by atoms with Gasteiger partial charge in [-0.1, -0.05) is 28.1 Å². The van der Waals surface area contributed by atoms with Crippen LogP contribution in [-0.2, 0) is 13.1 Å². The maximum Gasteiger partial charge on any atom is 0.270 e. The van der Waals surface area contributed by atoms with Crippen LogP contribution in [0.5, 0.6) is 5.75 Å². The highest BCUT2D eigenvalue weighted by molar-refractivity contribution is 9.10. The summed E-state index contributed by atoms with van der Waals surface area (Å²) >= 11 is 3.41. The standard InChI is InChI=1S/C16H17BrN2O3/c1-18(10-12-3-5-14(17)6-4-12)11-13-9-15(19(20)21)7-8-16(13)22-2/h3-9H,10-11H2,1-2H3. The number of ether oxygens (including phenoxy) is 1. The van der Waals surface area contributed by atoms with Crippen LogP contribution in [-0.4, -0.2) is 24.0 Å². The maximum absolute atomic E-state index is 10.9. The van der Waals surface area contributed by atoms with E-state index in [4.69, 9.17) is 4.74 Å². The van der Waals surface area contributed by atoms with Gasteiger partial charge in [0.2, 0.25) is 0 Å². The molecule has 0 N–H and O–H groups in total. The molecule has 2 aromatic rings. The van der Waals surface area contributed by atoms with E-state index in [9.17, 15) is 10.1 Å². The van der Waals surface area contributed by atoms with E-state index >= 15 is 0 Å². The van der Waals surface area contributed by atoms with Gasteiger partial charge in [0.15, 0.2) is 0 Å². The van der Waals surface area contributed by atoms with Crippen LogP contribution in [0.2, 0.25) is 0 Å². The Morgan fingerprint density at radius 1 is 1.18 bits per heavy atom. The van der Waals surface area contributed by atoms with E-state index in [2.05, 4.69) is 20.8 Å². The molecular weight excluding hydrogens is 348 g/mol. The largest absolute Gasteiger partial charge is 0.496 e. The van der Waals surface area contributed by atoms with Gasteiger partial charge in [-0.2, -0.15) is 0 Å². The van der Waals surface area contributed by atoms with Crippen molar-refractivity contribution >= 4 is 21.6 Å². The summed E-state index contributed by atoms with van der Waals surface area (Å²) in [5.74, 6) is 0.660. The number of hydrogen-bond donors (Lipinski definition) is 0. The minimum atomic E-state index is -0.391. The molecular formula is C16H17BrN2O3. The number of nitrogens with zero attached hydrogens (tertiary/aromatic N) is 2. The van der Waals surface area contributed by atoms with Gasteiger partial charge in [-0.15, -0.1) is 0 Å². The van der Waals surface area contributed by atoms with E-state index < -0.39 is 4.92 Å². The molecule has 0 aliphatic rings. The molecule has 0 fully saturated rings. The maximum atomic E-state index is 10.9. The van der Waals surface area contributed by atoms with E-state index in [-0.39, 0.29) is 5.69 Å². The molecule has 0 aliphatic heterocycles. The van der Waals surface area contributed by atoms with Crippen molar-refractivity contribution in [3.8, 4) is 5.75 Å². The molecule has 0 saturated heterocycles. The van der Waals surface area contributed by atoms with Gasteiger partial charge in [0.25, 0.3) is 5.69 Å². The van der Waals surface area contributed by atoms with Gasteiger partial charge < -0.3 is 4.74 Å². The lowest BCUT2D eigenvalue weighted by molar-refractivity contribution is -0.384. The first-order valence-corrected chi connectivity index (χ1v) is 7.53. The van der Waals surface area contributed by atoms with Gasteiger partial charge >= 0.3 is 0 Å². The van der Waals surface area contributed by atoms with Gasteiger partial charge in [-0.25, -0.2) is 0 Å². The Hall–Kier alpha value is -1.92. The minimum Gasteiger partial charge on any atom is -0.496 e. The van der Waals surface area contributed by atoms with Gasteiger partial charge in [-0.05, 0) is 30.8 Å². The first kappa shape index (κ1) is 16.5. The van der Waals surface area contributed by atoms with Crippen LogP contribution < -0.4 is 4.74 Å². The van der Waals surface area contributed by atoms with Gasteiger partial charge in [0, 0.05) is 35.3 Å². The zero-order valence-corrected chi connectivity index (χ0v) is 14.0. The zero-order chi connectivity index (χ0) is 16.1. The van der Waals surface area contributed by atoms with Crippen molar-refractivity contribution < 1.29 is 9.66 Å². The molecule has 2 rings (SSSR count). The summed E-state index contributed by atoms with van der Waals surface area (Å²) in [5, 5.41) is 10.9. The van der Waals surface area contributed by atoms with E-state index in [0.717, 1.165) is 16.6 Å². The SMILES string of the molecule is COc1ccc([N+](=O)[O-])cc1CN(C)Cc1ccc(Br)cc1. The van der Waals surface area contributed by atoms with Gasteiger partial charge in [0.1, 0.15) is 5.75 Å². The Labute approximate surface area is 137 Å². The molecule has 0 aromatic heterocycles. The highest BCUT2D eigenvalue weighted by Gasteiger charge is 2.13. The van der Waals surface area contributed by atoms with E-state index in [1.165, 1.54) is 11.6 Å². The summed E-state index contributed by atoms with van der Waals surface area (Å²) in [7, 11) is 3.54. The summed E-state index contributed by atoms with van der Waals surface area (Å²) in [4.78, 5) is 12.6. The first-order valence-electron chi connectivity index (χ1n) is 6.74. The summed E-state index contributed by atoms with van der Waals surface area (Å²) in [5.41, 5.74) is 2.05. The van der Waals surface area contributed by atoms with Crippen molar-refractivity contribution in [1.82, 2.24) is 4.90 Å². The molecule has 0 atom stereocenters. The van der Waals surface area contributed by atoms with Crippen molar-refractivity contribution in [2.45, 2.75) is 13.1 Å². The molecule has 0 heterocycles. The van der Waals surface area contributed by atoms with E-state index in [0.29, 0.717) is 12.3 Å². The monoisotopic (exact) mass is 364 g/mol. The fourth-order valence-electron chi connectivity index (χ4n) is 2.25. The van der Waals surface area contributed by atoms with Crippen molar-refractivity contribution in [3.05, 3.63) is 68.2 Å². The Morgan fingerprint density at radius 3 is 2.45 bits per heavy atom. The lowest BCUT2D eigenvalue weighted by Crippen LogP contribution is -2.17. The number of halogens is 1. The second-order valence-corrected chi connectivity index (χ2v) is 5.97. The molecule has 2 aromatic carbocycles. The second kappa shape index (κ2) is 7.38. The highest BCUT2D eigenvalue weighted by atomic mass is 79.9. The van der Waals surface area contributed by atoms with Gasteiger partial charge in [0.05, 0.1) is 12.0 Å². The number of methoxy groups -OCH3 is 1.